The predicted molar refractivity (Wildman–Crippen MR) is 57.6 cm³/mol. The molecule has 0 bridgehead atoms. The number of hydrogen-bond donors (Lipinski definition) is 2. The molecule has 0 aliphatic rings. The van der Waals surface area contributed by atoms with E-state index in [1.807, 2.05) is 0 Å². The second kappa shape index (κ2) is 4.12. The maximum absolute atomic E-state index is 13.0. The summed E-state index contributed by atoms with van der Waals surface area (Å²) in [6.07, 6.45) is 1.60. The van der Waals surface area contributed by atoms with Gasteiger partial charge in [0, 0.05) is 5.56 Å². The molecule has 0 saturated carbocycles. The summed E-state index contributed by atoms with van der Waals surface area (Å²) in [7, 11) is 0. The average molecular weight is 271 g/mol. The second-order valence-electron chi connectivity index (χ2n) is 3.03. The first kappa shape index (κ1) is 10.3. The lowest BCUT2D eigenvalue weighted by molar-refractivity contribution is 0.272. The molecular formula is C10H8BrFN2O. The number of nitrogens with zero attached hydrogens (tertiary/aromatic N) is 1. The van der Waals surface area contributed by atoms with Crippen molar-refractivity contribution in [1.29, 1.82) is 0 Å². The molecule has 5 heteroatoms. The number of aromatic nitrogens is 2. The Morgan fingerprint density at radius 3 is 2.87 bits per heavy atom. The van der Waals surface area contributed by atoms with Crippen LogP contribution in [0.4, 0.5) is 4.39 Å². The van der Waals surface area contributed by atoms with Gasteiger partial charge in [0.25, 0.3) is 0 Å². The lowest BCUT2D eigenvalue weighted by Crippen LogP contribution is -1.85. The fraction of sp³-hybridized carbons (Fsp3) is 0.100. The third kappa shape index (κ3) is 2.08. The molecule has 0 fully saturated rings. The zero-order valence-corrected chi connectivity index (χ0v) is 9.25. The summed E-state index contributed by atoms with van der Waals surface area (Å²) in [5, 5.41) is 8.83. The van der Waals surface area contributed by atoms with Gasteiger partial charge in [-0.1, -0.05) is 0 Å². The molecule has 0 aliphatic heterocycles. The van der Waals surface area contributed by atoms with E-state index < -0.39 is 0 Å². The molecule has 1 aromatic carbocycles. The molecule has 2 rings (SSSR count). The van der Waals surface area contributed by atoms with Crippen molar-refractivity contribution < 1.29 is 9.50 Å². The molecule has 2 N–H and O–H groups in total. The standard InChI is InChI=1S/C10H8BrFN2O/c11-7-3-6(1-2-8(7)12)9-4-13-10(5-15)14-9/h1-4,15H,5H2,(H,13,14). The summed E-state index contributed by atoms with van der Waals surface area (Å²) in [6.45, 7) is -0.137. The van der Waals surface area contributed by atoms with Crippen molar-refractivity contribution in [2.45, 2.75) is 6.61 Å². The van der Waals surface area contributed by atoms with Gasteiger partial charge in [0.05, 0.1) is 16.4 Å². The fourth-order valence-corrected chi connectivity index (χ4v) is 1.63. The van der Waals surface area contributed by atoms with Gasteiger partial charge < -0.3 is 10.1 Å². The molecule has 0 radical (unpaired) electrons. The average Bonchev–Trinajstić information content (AvgIpc) is 2.70. The molecule has 78 valence electrons. The topological polar surface area (TPSA) is 48.9 Å². The minimum absolute atomic E-state index is 0.137. The Morgan fingerprint density at radius 2 is 2.27 bits per heavy atom. The highest BCUT2D eigenvalue weighted by Gasteiger charge is 2.05. The number of rotatable bonds is 2. The minimum atomic E-state index is -0.305. The number of aliphatic hydroxyl groups excluding tert-OH is 1. The molecular weight excluding hydrogens is 263 g/mol. The van der Waals surface area contributed by atoms with Crippen LogP contribution in [0.5, 0.6) is 0 Å². The van der Waals surface area contributed by atoms with Crippen molar-refractivity contribution in [1.82, 2.24) is 9.97 Å². The summed E-state index contributed by atoms with van der Waals surface area (Å²) in [5.74, 6) is 0.186. The van der Waals surface area contributed by atoms with Gasteiger partial charge in [0.15, 0.2) is 0 Å². The molecule has 0 saturated heterocycles. The van der Waals surface area contributed by atoms with Crippen LogP contribution >= 0.6 is 15.9 Å². The number of nitrogens with one attached hydrogen (secondary N) is 1. The highest BCUT2D eigenvalue weighted by atomic mass is 79.9. The Bertz CT molecular complexity index is 484. The summed E-state index contributed by atoms with van der Waals surface area (Å²) in [5.41, 5.74) is 1.57. The smallest absolute Gasteiger partial charge is 0.137 e. The van der Waals surface area contributed by atoms with Crippen LogP contribution in [0.15, 0.2) is 28.9 Å². The van der Waals surface area contributed by atoms with Crippen LogP contribution in [0, 0.1) is 5.82 Å². The van der Waals surface area contributed by atoms with Crippen molar-refractivity contribution in [3.63, 3.8) is 0 Å². The van der Waals surface area contributed by atoms with Gasteiger partial charge in [0.2, 0.25) is 0 Å². The van der Waals surface area contributed by atoms with Gasteiger partial charge in [-0.2, -0.15) is 0 Å². The van der Waals surface area contributed by atoms with Gasteiger partial charge in [-0.05, 0) is 34.1 Å². The van der Waals surface area contributed by atoms with Gasteiger partial charge in [-0.15, -0.1) is 0 Å². The Hall–Kier alpha value is -1.20. The van der Waals surface area contributed by atoms with Gasteiger partial charge in [-0.25, -0.2) is 9.37 Å². The third-order valence-corrected chi connectivity index (χ3v) is 2.62. The van der Waals surface area contributed by atoms with E-state index in [9.17, 15) is 4.39 Å². The van der Waals surface area contributed by atoms with Crippen LogP contribution in [-0.4, -0.2) is 15.1 Å². The zero-order valence-electron chi connectivity index (χ0n) is 7.67. The molecule has 2 aromatic rings. The predicted octanol–water partition coefficient (Wildman–Crippen LogP) is 2.47. The molecule has 15 heavy (non-hydrogen) atoms. The Kier molecular flexibility index (Phi) is 2.83. The van der Waals surface area contributed by atoms with E-state index in [4.69, 9.17) is 5.11 Å². The van der Waals surface area contributed by atoms with Crippen LogP contribution in [0.1, 0.15) is 5.82 Å². The van der Waals surface area contributed by atoms with E-state index >= 15 is 0 Å². The van der Waals surface area contributed by atoms with E-state index in [-0.39, 0.29) is 12.4 Å². The molecule has 1 heterocycles. The van der Waals surface area contributed by atoms with Crippen LogP contribution in [0.2, 0.25) is 0 Å². The van der Waals surface area contributed by atoms with E-state index in [1.54, 1.807) is 18.3 Å². The highest BCUT2D eigenvalue weighted by Crippen LogP contribution is 2.23. The Balaban J connectivity index is 2.40. The first-order valence-electron chi connectivity index (χ1n) is 4.31. The maximum atomic E-state index is 13.0. The quantitative estimate of drug-likeness (QED) is 0.881. The number of benzene rings is 1. The molecule has 0 aliphatic carbocycles. The number of hydrogen-bond acceptors (Lipinski definition) is 2. The number of imidazole rings is 1. The van der Waals surface area contributed by atoms with E-state index in [0.717, 1.165) is 11.3 Å². The van der Waals surface area contributed by atoms with Crippen LogP contribution < -0.4 is 0 Å². The first-order chi connectivity index (χ1) is 7.20. The summed E-state index contributed by atoms with van der Waals surface area (Å²) in [4.78, 5) is 6.87. The summed E-state index contributed by atoms with van der Waals surface area (Å²) in [6, 6.07) is 4.68. The Morgan fingerprint density at radius 1 is 1.47 bits per heavy atom. The normalized spacial score (nSPS) is 10.6. The number of halogens is 2. The SMILES string of the molecule is OCc1ncc(-c2ccc(F)c(Br)c2)[nH]1. The molecule has 0 spiro atoms. The number of H-pyrrole nitrogens is 1. The van der Waals surface area contributed by atoms with E-state index in [2.05, 4.69) is 25.9 Å². The van der Waals surface area contributed by atoms with E-state index in [0.29, 0.717) is 10.3 Å². The largest absolute Gasteiger partial charge is 0.388 e. The highest BCUT2D eigenvalue weighted by molar-refractivity contribution is 9.10. The van der Waals surface area contributed by atoms with Crippen LogP contribution in [0.3, 0.4) is 0 Å². The van der Waals surface area contributed by atoms with Gasteiger partial charge >= 0.3 is 0 Å². The number of aliphatic hydroxyl groups is 1. The second-order valence-corrected chi connectivity index (χ2v) is 3.88. The molecule has 0 unspecified atom stereocenters. The van der Waals surface area contributed by atoms with Crippen molar-refractivity contribution in [2.24, 2.45) is 0 Å². The molecule has 0 amide bonds. The van der Waals surface area contributed by atoms with Crippen molar-refractivity contribution in [3.05, 3.63) is 40.5 Å². The zero-order chi connectivity index (χ0) is 10.8. The van der Waals surface area contributed by atoms with E-state index in [1.165, 1.54) is 6.07 Å². The fourth-order valence-electron chi connectivity index (χ4n) is 1.25. The third-order valence-electron chi connectivity index (χ3n) is 2.01. The summed E-state index contributed by atoms with van der Waals surface area (Å²) >= 11 is 3.11. The molecule has 1 aromatic heterocycles. The number of aromatic amines is 1. The van der Waals surface area contributed by atoms with Gasteiger partial charge in [-0.3, -0.25) is 0 Å². The molecule has 0 atom stereocenters. The van der Waals surface area contributed by atoms with Crippen LogP contribution in [-0.2, 0) is 6.61 Å². The van der Waals surface area contributed by atoms with Crippen molar-refractivity contribution in [3.8, 4) is 11.3 Å². The maximum Gasteiger partial charge on any atom is 0.137 e. The monoisotopic (exact) mass is 270 g/mol. The molecule has 3 nitrogen and oxygen atoms in total. The first-order valence-corrected chi connectivity index (χ1v) is 5.10. The summed E-state index contributed by atoms with van der Waals surface area (Å²) < 4.78 is 13.4. The van der Waals surface area contributed by atoms with Crippen molar-refractivity contribution in [2.75, 3.05) is 0 Å². The minimum Gasteiger partial charge on any atom is -0.388 e. The lowest BCUT2D eigenvalue weighted by Gasteiger charge is -1.99. The van der Waals surface area contributed by atoms with Crippen LogP contribution in [0.25, 0.3) is 11.3 Å². The Labute approximate surface area is 94.1 Å². The van der Waals surface area contributed by atoms with Crippen molar-refractivity contribution >= 4 is 15.9 Å². The lowest BCUT2D eigenvalue weighted by atomic mass is 10.2. The van der Waals surface area contributed by atoms with Gasteiger partial charge in [0.1, 0.15) is 18.2 Å².